The number of ether oxygens (including phenoxy) is 3. The van der Waals surface area contributed by atoms with E-state index in [0.717, 1.165) is 27.0 Å². The van der Waals surface area contributed by atoms with E-state index in [1.807, 2.05) is 26.8 Å². The highest BCUT2D eigenvalue weighted by Gasteiger charge is 2.46. The second-order valence-corrected chi connectivity index (χ2v) is 11.8. The molecule has 0 saturated carbocycles. The van der Waals surface area contributed by atoms with Gasteiger partial charge in [-0.05, 0) is 33.3 Å². The highest BCUT2D eigenvalue weighted by Crippen LogP contribution is 2.59. The minimum atomic E-state index is -0.442. The number of hydrogen-bond donors (Lipinski definition) is 0. The van der Waals surface area contributed by atoms with Crippen LogP contribution in [0.2, 0.25) is 0 Å². The zero-order valence-electron chi connectivity index (χ0n) is 20.6. The Morgan fingerprint density at radius 2 is 2.00 bits per heavy atom. The summed E-state index contributed by atoms with van der Waals surface area (Å²) in [6, 6.07) is 8.23. The van der Waals surface area contributed by atoms with Gasteiger partial charge >= 0.3 is 5.97 Å². The Bertz CT molecular complexity index is 1220. The largest absolute Gasteiger partial charge is 0.469 e. The first-order valence-electron chi connectivity index (χ1n) is 12.0. The highest BCUT2D eigenvalue weighted by molar-refractivity contribution is 8.16. The molecule has 8 nitrogen and oxygen atoms in total. The van der Waals surface area contributed by atoms with E-state index in [0.29, 0.717) is 51.3 Å². The molecular formula is C26H31N3O5S. The maximum absolute atomic E-state index is 12.6. The summed E-state index contributed by atoms with van der Waals surface area (Å²) in [4.78, 5) is 38.2. The van der Waals surface area contributed by atoms with Crippen molar-refractivity contribution in [1.82, 2.24) is 9.97 Å². The fourth-order valence-electron chi connectivity index (χ4n) is 4.68. The first-order valence-corrected chi connectivity index (χ1v) is 13.2. The summed E-state index contributed by atoms with van der Waals surface area (Å²) in [5.41, 5.74) is 1.67. The van der Waals surface area contributed by atoms with Crippen LogP contribution in [0.15, 0.2) is 34.1 Å². The van der Waals surface area contributed by atoms with Crippen molar-refractivity contribution in [2.24, 2.45) is 0 Å². The van der Waals surface area contributed by atoms with Crippen LogP contribution in [0.1, 0.15) is 45.9 Å². The summed E-state index contributed by atoms with van der Waals surface area (Å²) < 4.78 is 17.0. The molecule has 1 fully saturated rings. The molecule has 1 aromatic carbocycles. The number of nitrogens with zero attached hydrogens (tertiary/aromatic N) is 3. The van der Waals surface area contributed by atoms with Gasteiger partial charge in [-0.1, -0.05) is 28.7 Å². The second kappa shape index (κ2) is 9.44. The number of carbonyl (C=O) groups is 2. The molecule has 3 aliphatic heterocycles. The Balaban J connectivity index is 1.49. The monoisotopic (exact) mass is 497 g/mol. The molecule has 1 aromatic heterocycles. The zero-order chi connectivity index (χ0) is 24.7. The Kier molecular flexibility index (Phi) is 6.50. The second-order valence-electron chi connectivity index (χ2n) is 9.91. The van der Waals surface area contributed by atoms with Crippen molar-refractivity contribution in [2.75, 3.05) is 31.8 Å². The van der Waals surface area contributed by atoms with Crippen LogP contribution in [0.3, 0.4) is 0 Å². The Morgan fingerprint density at radius 1 is 1.20 bits per heavy atom. The van der Waals surface area contributed by atoms with Gasteiger partial charge in [-0.2, -0.15) is 0 Å². The normalized spacial score (nSPS) is 20.1. The molecular weight excluding hydrogens is 466 g/mol. The number of fused-ring (bicyclic) bond motifs is 5. The van der Waals surface area contributed by atoms with Crippen molar-refractivity contribution in [3.05, 3.63) is 30.1 Å². The molecule has 0 spiro atoms. The molecule has 0 N–H and O–H groups in total. The Hall–Kier alpha value is -2.62. The third kappa shape index (κ3) is 4.64. The van der Waals surface area contributed by atoms with E-state index in [-0.39, 0.29) is 23.4 Å². The molecule has 4 heterocycles. The van der Waals surface area contributed by atoms with Gasteiger partial charge in [-0.15, -0.1) is 0 Å². The molecule has 0 amide bonds. The first kappa shape index (κ1) is 24.1. The number of methoxy groups -OCH3 is 1. The molecule has 1 saturated heterocycles. The van der Waals surface area contributed by atoms with Gasteiger partial charge in [0.05, 0.1) is 42.5 Å². The van der Waals surface area contributed by atoms with Crippen molar-refractivity contribution in [1.29, 1.82) is 0 Å². The van der Waals surface area contributed by atoms with Crippen molar-refractivity contribution < 1.29 is 23.8 Å². The number of hydrogen-bond acceptors (Lipinski definition) is 8. The van der Waals surface area contributed by atoms with E-state index in [4.69, 9.17) is 19.4 Å². The zero-order valence-corrected chi connectivity index (χ0v) is 21.4. The standard InChI is InChI=1S/C26H31N3O5S/c1-26(2,3)34-25-18-14-16(30)15-29(18)24-23-22(17-8-5-6-9-19(17)35(23)25)27-20(28-24)11-13-33-12-7-10-21(31)32-4/h5-6,8-9,18H,7,10-15H2,1-4H3. The van der Waals surface area contributed by atoms with Crippen LogP contribution in [0.25, 0.3) is 11.3 Å². The molecule has 0 bridgehead atoms. The van der Waals surface area contributed by atoms with Gasteiger partial charge in [0.15, 0.2) is 5.78 Å². The van der Waals surface area contributed by atoms with Crippen molar-refractivity contribution in [3.8, 4) is 11.3 Å². The summed E-state index contributed by atoms with van der Waals surface area (Å²) in [7, 11) is 0.945. The fraction of sp³-hybridized carbons (Fsp3) is 0.500. The molecule has 35 heavy (non-hydrogen) atoms. The van der Waals surface area contributed by atoms with E-state index in [1.165, 1.54) is 12.0 Å². The number of carbonyl (C=O) groups excluding carboxylic acids is 2. The highest BCUT2D eigenvalue weighted by atomic mass is 32.2. The van der Waals surface area contributed by atoms with Gasteiger partial charge in [0.1, 0.15) is 16.7 Å². The molecule has 0 radical (unpaired) electrons. The third-order valence-corrected chi connectivity index (χ3v) is 8.46. The van der Waals surface area contributed by atoms with Gasteiger partial charge in [-0.3, -0.25) is 9.59 Å². The number of anilines is 1. The summed E-state index contributed by atoms with van der Waals surface area (Å²) >= 11 is 0. The van der Waals surface area contributed by atoms with Crippen molar-refractivity contribution in [2.45, 2.75) is 67.9 Å². The summed E-state index contributed by atoms with van der Waals surface area (Å²) in [5, 5.41) is 0.951. The first-order chi connectivity index (χ1) is 16.8. The van der Waals surface area contributed by atoms with Gasteiger partial charge in [-0.25, -0.2) is 9.97 Å². The van der Waals surface area contributed by atoms with Crippen LogP contribution in [-0.4, -0.2) is 65.3 Å². The molecule has 5 rings (SSSR count). The fourth-order valence-corrected chi connectivity index (χ4v) is 7.42. The Morgan fingerprint density at radius 3 is 2.77 bits per heavy atom. The van der Waals surface area contributed by atoms with E-state index in [2.05, 4.69) is 27.8 Å². The summed E-state index contributed by atoms with van der Waals surface area (Å²) in [6.07, 6.45) is 1.95. The predicted octanol–water partition coefficient (Wildman–Crippen LogP) is 3.76. The van der Waals surface area contributed by atoms with E-state index >= 15 is 0 Å². The minimum Gasteiger partial charge on any atom is -0.469 e. The van der Waals surface area contributed by atoms with Gasteiger partial charge in [0.2, 0.25) is 0 Å². The lowest BCUT2D eigenvalue weighted by Gasteiger charge is -2.37. The lowest BCUT2D eigenvalue weighted by Crippen LogP contribution is -2.43. The predicted molar refractivity (Wildman–Crippen MR) is 134 cm³/mol. The minimum absolute atomic E-state index is 0.117. The average Bonchev–Trinajstić information content (AvgIpc) is 3.37. The molecule has 9 heteroatoms. The molecule has 3 aliphatic rings. The molecule has 2 unspecified atom stereocenters. The topological polar surface area (TPSA) is 90.9 Å². The van der Waals surface area contributed by atoms with Crippen LogP contribution in [0.4, 0.5) is 5.82 Å². The number of esters is 1. The van der Waals surface area contributed by atoms with E-state index in [1.54, 1.807) is 0 Å². The molecule has 0 aliphatic carbocycles. The lowest BCUT2D eigenvalue weighted by atomic mass is 10.1. The number of Topliss-reactive ketones (excluding diaryl/α,β-unsaturated/α-hetero) is 1. The van der Waals surface area contributed by atoms with Crippen LogP contribution < -0.4 is 4.90 Å². The lowest BCUT2D eigenvalue weighted by molar-refractivity contribution is -0.141. The SMILES string of the molecule is COC(=O)CCCOCCc1nc2c3c(n1)N1CC(=O)CC1C(OC(C)(C)C)=S3c1ccccc1-2. The number of aromatic nitrogens is 2. The summed E-state index contributed by atoms with van der Waals surface area (Å²) in [5.74, 6) is 1.52. The number of benzene rings is 1. The molecule has 186 valence electrons. The van der Waals surface area contributed by atoms with Crippen LogP contribution in [-0.2, 0) is 30.2 Å². The quantitative estimate of drug-likeness (QED) is 0.277. The molecule has 2 atom stereocenters. The smallest absolute Gasteiger partial charge is 0.305 e. The van der Waals surface area contributed by atoms with Crippen LogP contribution in [0, 0.1) is 0 Å². The number of ketones is 1. The van der Waals surface area contributed by atoms with Crippen molar-refractivity contribution >= 4 is 33.1 Å². The van der Waals surface area contributed by atoms with E-state index < -0.39 is 10.5 Å². The van der Waals surface area contributed by atoms with Crippen molar-refractivity contribution in [3.63, 3.8) is 0 Å². The Labute approximate surface area is 207 Å². The number of rotatable bonds is 7. The van der Waals surface area contributed by atoms with Crippen LogP contribution in [0.5, 0.6) is 0 Å². The van der Waals surface area contributed by atoms with Gasteiger partial charge < -0.3 is 19.1 Å². The van der Waals surface area contributed by atoms with Gasteiger partial charge in [0, 0.05) is 36.3 Å². The summed E-state index contributed by atoms with van der Waals surface area (Å²) in [6.45, 7) is 7.42. The van der Waals surface area contributed by atoms with Gasteiger partial charge in [0.25, 0.3) is 0 Å². The molecule has 2 aromatic rings. The van der Waals surface area contributed by atoms with E-state index in [9.17, 15) is 9.59 Å². The average molecular weight is 498 g/mol. The third-order valence-electron chi connectivity index (χ3n) is 6.12. The van der Waals surface area contributed by atoms with Crippen LogP contribution >= 0.6 is 10.5 Å². The maximum Gasteiger partial charge on any atom is 0.305 e. The maximum atomic E-state index is 12.6.